The van der Waals surface area contributed by atoms with E-state index in [4.69, 9.17) is 0 Å². The number of likely N-dealkylation sites (N-methyl/N-ethyl adjacent to an activating group) is 1. The molecule has 1 saturated heterocycles. The molecule has 0 saturated carbocycles. The highest BCUT2D eigenvalue weighted by molar-refractivity contribution is 9.10. The number of hydrogen-bond acceptors (Lipinski definition) is 3. The lowest BCUT2D eigenvalue weighted by Crippen LogP contribution is -2.44. The number of allylic oxidation sites excluding steroid dienone is 1. The maximum absolute atomic E-state index is 13.7. The molecule has 0 N–H and O–H groups in total. The molecule has 1 aliphatic heterocycles. The molecule has 1 heterocycles. The highest BCUT2D eigenvalue weighted by Gasteiger charge is 2.14. The molecule has 25 heavy (non-hydrogen) atoms. The molecule has 130 valence electrons. The maximum Gasteiger partial charge on any atom is 0.185 e. The van der Waals surface area contributed by atoms with E-state index in [2.05, 4.69) is 32.8 Å². The fraction of sp³-hybridized carbons (Fsp3) is 0.250. The van der Waals surface area contributed by atoms with Crippen LogP contribution in [0.15, 0.2) is 53.0 Å². The summed E-state index contributed by atoms with van der Waals surface area (Å²) in [5.74, 6) is -0.484. The molecule has 1 aliphatic rings. The van der Waals surface area contributed by atoms with Gasteiger partial charge in [-0.05, 0) is 61.7 Å². The van der Waals surface area contributed by atoms with Gasteiger partial charge in [0.15, 0.2) is 5.78 Å². The molecular weight excluding hydrogens is 383 g/mol. The van der Waals surface area contributed by atoms with Gasteiger partial charge in [0.25, 0.3) is 0 Å². The zero-order valence-electron chi connectivity index (χ0n) is 14.1. The van der Waals surface area contributed by atoms with Crippen LogP contribution in [0.25, 0.3) is 6.08 Å². The van der Waals surface area contributed by atoms with Crippen molar-refractivity contribution in [1.29, 1.82) is 0 Å². The van der Waals surface area contributed by atoms with E-state index >= 15 is 0 Å². The predicted octanol–water partition coefficient (Wildman–Crippen LogP) is 4.24. The summed E-state index contributed by atoms with van der Waals surface area (Å²) in [5, 5.41) is 0. The Morgan fingerprint density at radius 2 is 1.76 bits per heavy atom. The van der Waals surface area contributed by atoms with Crippen molar-refractivity contribution in [3.63, 3.8) is 0 Å². The summed E-state index contributed by atoms with van der Waals surface area (Å²) in [6.45, 7) is 4.07. The molecule has 5 heteroatoms. The Morgan fingerprint density at radius 1 is 1.08 bits per heavy atom. The van der Waals surface area contributed by atoms with E-state index in [-0.39, 0.29) is 11.6 Å². The monoisotopic (exact) mass is 402 g/mol. The minimum atomic E-state index is -0.349. The SMILES string of the molecule is CN1CCN(c2ccc(C(=O)/C=C/c3cc(Br)ccc3F)cc2)CC1. The Bertz CT molecular complexity index is 781. The molecule has 2 aromatic rings. The highest BCUT2D eigenvalue weighted by Crippen LogP contribution is 2.19. The first kappa shape index (κ1) is 17.8. The number of piperazine rings is 1. The second-order valence-electron chi connectivity index (χ2n) is 6.20. The van der Waals surface area contributed by atoms with Crippen molar-refractivity contribution in [2.75, 3.05) is 38.1 Å². The van der Waals surface area contributed by atoms with E-state index < -0.39 is 0 Å². The van der Waals surface area contributed by atoms with E-state index in [1.807, 2.05) is 24.3 Å². The third-order valence-electron chi connectivity index (χ3n) is 4.39. The maximum atomic E-state index is 13.7. The van der Waals surface area contributed by atoms with Gasteiger partial charge in [-0.15, -0.1) is 0 Å². The van der Waals surface area contributed by atoms with Crippen LogP contribution in [-0.4, -0.2) is 43.9 Å². The Balaban J connectivity index is 1.68. The van der Waals surface area contributed by atoms with Crippen LogP contribution in [0, 0.1) is 5.82 Å². The van der Waals surface area contributed by atoms with Crippen LogP contribution in [0.2, 0.25) is 0 Å². The number of rotatable bonds is 4. The number of carbonyl (C=O) groups is 1. The first-order valence-corrected chi connectivity index (χ1v) is 9.03. The molecule has 0 spiro atoms. The van der Waals surface area contributed by atoms with E-state index in [1.165, 1.54) is 18.2 Å². The Hall–Kier alpha value is -1.98. The van der Waals surface area contributed by atoms with E-state index in [1.54, 1.807) is 12.1 Å². The van der Waals surface area contributed by atoms with Gasteiger partial charge in [-0.2, -0.15) is 0 Å². The minimum Gasteiger partial charge on any atom is -0.369 e. The summed E-state index contributed by atoms with van der Waals surface area (Å²) in [5.41, 5.74) is 2.12. The Morgan fingerprint density at radius 3 is 2.44 bits per heavy atom. The molecule has 0 unspecified atom stereocenters. The van der Waals surface area contributed by atoms with Crippen molar-refractivity contribution >= 4 is 33.5 Å². The first-order valence-electron chi connectivity index (χ1n) is 8.24. The van der Waals surface area contributed by atoms with Crippen LogP contribution in [0.1, 0.15) is 15.9 Å². The molecule has 2 aromatic carbocycles. The predicted molar refractivity (Wildman–Crippen MR) is 104 cm³/mol. The lowest BCUT2D eigenvalue weighted by atomic mass is 10.1. The van der Waals surface area contributed by atoms with Gasteiger partial charge in [-0.25, -0.2) is 4.39 Å². The van der Waals surface area contributed by atoms with Gasteiger partial charge in [0.2, 0.25) is 0 Å². The number of ketones is 1. The summed E-state index contributed by atoms with van der Waals surface area (Å²) in [6.07, 6.45) is 2.92. The summed E-state index contributed by atoms with van der Waals surface area (Å²) in [6, 6.07) is 12.3. The lowest BCUT2D eigenvalue weighted by Gasteiger charge is -2.34. The van der Waals surface area contributed by atoms with Crippen LogP contribution in [0.4, 0.5) is 10.1 Å². The molecule has 0 bridgehead atoms. The first-order chi connectivity index (χ1) is 12.0. The number of carbonyl (C=O) groups excluding carboxylic acids is 1. The number of benzene rings is 2. The van der Waals surface area contributed by atoms with Gasteiger partial charge < -0.3 is 9.80 Å². The average molecular weight is 403 g/mol. The van der Waals surface area contributed by atoms with Gasteiger partial charge in [0.1, 0.15) is 5.82 Å². The van der Waals surface area contributed by atoms with Crippen molar-refractivity contribution in [3.8, 4) is 0 Å². The third kappa shape index (κ3) is 4.55. The number of anilines is 1. The van der Waals surface area contributed by atoms with Crippen molar-refractivity contribution < 1.29 is 9.18 Å². The van der Waals surface area contributed by atoms with Crippen LogP contribution in [-0.2, 0) is 0 Å². The number of halogens is 2. The normalized spacial score (nSPS) is 15.7. The molecule has 0 amide bonds. The molecule has 1 fully saturated rings. The second kappa shape index (κ2) is 7.93. The quantitative estimate of drug-likeness (QED) is 0.564. The van der Waals surface area contributed by atoms with E-state index in [0.717, 1.165) is 36.3 Å². The van der Waals surface area contributed by atoms with Gasteiger partial charge in [-0.1, -0.05) is 15.9 Å². The van der Waals surface area contributed by atoms with E-state index in [9.17, 15) is 9.18 Å². The molecule has 0 radical (unpaired) electrons. The van der Waals surface area contributed by atoms with Crippen molar-refractivity contribution in [2.45, 2.75) is 0 Å². The largest absolute Gasteiger partial charge is 0.369 e. The standard InChI is InChI=1S/C20H20BrFN2O/c1-23-10-12-24(13-11-23)18-6-2-15(3-7-18)20(25)9-4-16-14-17(21)5-8-19(16)22/h2-9,14H,10-13H2,1H3/b9-4+. The van der Waals surface area contributed by atoms with Crippen LogP contribution in [0.3, 0.4) is 0 Å². The summed E-state index contributed by atoms with van der Waals surface area (Å²) >= 11 is 3.30. The van der Waals surface area contributed by atoms with Crippen molar-refractivity contribution in [1.82, 2.24) is 4.90 Å². The van der Waals surface area contributed by atoms with Gasteiger partial charge in [0.05, 0.1) is 0 Å². The van der Waals surface area contributed by atoms with Crippen molar-refractivity contribution in [3.05, 3.63) is 70.0 Å². The molecule has 0 atom stereocenters. The molecular formula is C20H20BrFN2O. The fourth-order valence-corrected chi connectivity index (χ4v) is 3.18. The zero-order chi connectivity index (χ0) is 17.8. The van der Waals surface area contributed by atoms with Gasteiger partial charge in [-0.3, -0.25) is 4.79 Å². The molecule has 0 aromatic heterocycles. The molecule has 0 aliphatic carbocycles. The highest BCUT2D eigenvalue weighted by atomic mass is 79.9. The van der Waals surface area contributed by atoms with E-state index in [0.29, 0.717) is 11.1 Å². The average Bonchev–Trinajstić information content (AvgIpc) is 2.63. The van der Waals surface area contributed by atoms with Crippen LogP contribution in [0.5, 0.6) is 0 Å². The van der Waals surface area contributed by atoms with Gasteiger partial charge >= 0.3 is 0 Å². The topological polar surface area (TPSA) is 23.6 Å². The third-order valence-corrected chi connectivity index (χ3v) is 4.89. The second-order valence-corrected chi connectivity index (χ2v) is 7.12. The molecule has 3 nitrogen and oxygen atoms in total. The zero-order valence-corrected chi connectivity index (χ0v) is 15.7. The minimum absolute atomic E-state index is 0.135. The Labute approximate surface area is 155 Å². The van der Waals surface area contributed by atoms with Crippen LogP contribution < -0.4 is 4.90 Å². The van der Waals surface area contributed by atoms with Gasteiger partial charge in [0, 0.05) is 47.5 Å². The molecule has 3 rings (SSSR count). The van der Waals surface area contributed by atoms with Crippen molar-refractivity contribution in [2.24, 2.45) is 0 Å². The smallest absolute Gasteiger partial charge is 0.185 e. The summed E-state index contributed by atoms with van der Waals surface area (Å²) in [4.78, 5) is 16.9. The number of hydrogen-bond donors (Lipinski definition) is 0. The van der Waals surface area contributed by atoms with Crippen LogP contribution >= 0.6 is 15.9 Å². The summed E-state index contributed by atoms with van der Waals surface area (Å²) in [7, 11) is 2.12. The summed E-state index contributed by atoms with van der Waals surface area (Å²) < 4.78 is 14.5. The number of nitrogens with zero attached hydrogens (tertiary/aromatic N) is 2. The fourth-order valence-electron chi connectivity index (χ4n) is 2.81. The lowest BCUT2D eigenvalue weighted by molar-refractivity contribution is 0.104. The Kier molecular flexibility index (Phi) is 5.66.